The summed E-state index contributed by atoms with van der Waals surface area (Å²) < 4.78 is 5.66. The number of benzene rings is 2. The van der Waals surface area contributed by atoms with Crippen molar-refractivity contribution in [3.8, 4) is 11.3 Å². The number of anilines is 1. The third kappa shape index (κ3) is 3.63. The zero-order chi connectivity index (χ0) is 20.5. The molecule has 0 unspecified atom stereocenters. The van der Waals surface area contributed by atoms with Gasteiger partial charge in [0, 0.05) is 10.6 Å². The fraction of sp³-hybridized carbons (Fsp3) is 0. The highest BCUT2D eigenvalue weighted by Gasteiger charge is 2.34. The minimum Gasteiger partial charge on any atom is -0.545 e. The van der Waals surface area contributed by atoms with E-state index in [0.29, 0.717) is 22.0 Å². The summed E-state index contributed by atoms with van der Waals surface area (Å²) in [7, 11) is 0. The number of carboxylic acids is 1. The third-order valence-corrected chi connectivity index (χ3v) is 4.49. The number of halogens is 1. The summed E-state index contributed by atoms with van der Waals surface area (Å²) in [6.07, 6.45) is 1.33. The Balaban J connectivity index is 1.62. The molecule has 2 heterocycles. The van der Waals surface area contributed by atoms with Crippen LogP contribution in [-0.4, -0.2) is 17.8 Å². The number of nitrogens with one attached hydrogen (secondary N) is 1. The number of carboxylic acid groups (broad SMARTS) is 1. The van der Waals surface area contributed by atoms with Crippen LogP contribution in [0.15, 0.2) is 70.7 Å². The van der Waals surface area contributed by atoms with Gasteiger partial charge < -0.3 is 14.3 Å². The number of hydrazine groups is 1. The average Bonchev–Trinajstić information content (AvgIpc) is 3.28. The van der Waals surface area contributed by atoms with Crippen molar-refractivity contribution in [2.24, 2.45) is 0 Å². The van der Waals surface area contributed by atoms with E-state index >= 15 is 0 Å². The Morgan fingerprint density at radius 1 is 1.07 bits per heavy atom. The highest BCUT2D eigenvalue weighted by molar-refractivity contribution is 6.33. The Morgan fingerprint density at radius 3 is 2.62 bits per heavy atom. The Labute approximate surface area is 169 Å². The van der Waals surface area contributed by atoms with Gasteiger partial charge in [-0.25, -0.2) is 5.01 Å². The van der Waals surface area contributed by atoms with E-state index in [1.54, 1.807) is 48.5 Å². The molecule has 7 nitrogen and oxygen atoms in total. The fourth-order valence-electron chi connectivity index (χ4n) is 2.88. The van der Waals surface area contributed by atoms with E-state index < -0.39 is 17.8 Å². The van der Waals surface area contributed by atoms with Crippen molar-refractivity contribution in [1.29, 1.82) is 0 Å². The molecule has 0 atom stereocenters. The van der Waals surface area contributed by atoms with E-state index in [0.717, 1.165) is 5.01 Å². The van der Waals surface area contributed by atoms with E-state index in [-0.39, 0.29) is 16.9 Å². The maximum absolute atomic E-state index is 12.6. The first-order chi connectivity index (χ1) is 13.9. The van der Waals surface area contributed by atoms with Gasteiger partial charge in [0.15, 0.2) is 0 Å². The number of carbonyl (C=O) groups is 3. The first-order valence-electron chi connectivity index (χ1n) is 8.47. The zero-order valence-electron chi connectivity index (χ0n) is 14.7. The van der Waals surface area contributed by atoms with Gasteiger partial charge in [-0.2, -0.15) is 0 Å². The summed E-state index contributed by atoms with van der Waals surface area (Å²) >= 11 is 5.94. The lowest BCUT2D eigenvalue weighted by atomic mass is 10.1. The average molecular weight is 408 g/mol. The third-order valence-electron chi connectivity index (χ3n) is 4.25. The van der Waals surface area contributed by atoms with Gasteiger partial charge in [-0.15, -0.1) is 0 Å². The van der Waals surface area contributed by atoms with Crippen LogP contribution in [0.3, 0.4) is 0 Å². The molecule has 0 saturated carbocycles. The Kier molecular flexibility index (Phi) is 4.66. The van der Waals surface area contributed by atoms with Crippen molar-refractivity contribution in [3.63, 3.8) is 0 Å². The standard InChI is InChI=1S/C21H13ClN2O5/c22-14-5-2-6-15(10-14)24-20(26)17(19(25)23-24)11-16-7-8-18(29-16)12-3-1-4-13(9-12)21(27)28/h1-11H,(H,23,25)(H,27,28)/p-1/b17-11-. The van der Waals surface area contributed by atoms with Gasteiger partial charge in [-0.1, -0.05) is 35.9 Å². The molecule has 8 heteroatoms. The van der Waals surface area contributed by atoms with Crippen LogP contribution in [0.1, 0.15) is 16.1 Å². The number of amides is 2. The smallest absolute Gasteiger partial charge is 0.282 e. The number of hydrogen-bond acceptors (Lipinski definition) is 5. The lowest BCUT2D eigenvalue weighted by Crippen LogP contribution is -2.35. The van der Waals surface area contributed by atoms with E-state index in [1.165, 1.54) is 18.2 Å². The summed E-state index contributed by atoms with van der Waals surface area (Å²) in [5.74, 6) is -1.76. The van der Waals surface area contributed by atoms with Gasteiger partial charge in [0.1, 0.15) is 17.1 Å². The summed E-state index contributed by atoms with van der Waals surface area (Å²) in [6.45, 7) is 0. The lowest BCUT2D eigenvalue weighted by molar-refractivity contribution is -0.255. The molecule has 4 rings (SSSR count). The number of rotatable bonds is 4. The van der Waals surface area contributed by atoms with Crippen LogP contribution < -0.4 is 15.5 Å². The molecule has 0 radical (unpaired) electrons. The quantitative estimate of drug-likeness (QED) is 0.528. The monoisotopic (exact) mass is 407 g/mol. The van der Waals surface area contributed by atoms with Crippen LogP contribution in [0.5, 0.6) is 0 Å². The highest BCUT2D eigenvalue weighted by Crippen LogP contribution is 2.27. The van der Waals surface area contributed by atoms with Gasteiger partial charge in [0.05, 0.1) is 11.7 Å². The van der Waals surface area contributed by atoms with Crippen LogP contribution in [0, 0.1) is 0 Å². The summed E-state index contributed by atoms with van der Waals surface area (Å²) in [4.78, 5) is 35.9. The van der Waals surface area contributed by atoms with E-state index in [4.69, 9.17) is 16.0 Å². The van der Waals surface area contributed by atoms with Crippen molar-refractivity contribution >= 4 is 41.1 Å². The van der Waals surface area contributed by atoms with Crippen molar-refractivity contribution in [2.45, 2.75) is 0 Å². The van der Waals surface area contributed by atoms with E-state index in [9.17, 15) is 19.5 Å². The fourth-order valence-corrected chi connectivity index (χ4v) is 3.07. The molecule has 144 valence electrons. The second kappa shape index (κ2) is 7.29. The largest absolute Gasteiger partial charge is 0.545 e. The molecule has 3 aromatic rings. The van der Waals surface area contributed by atoms with Crippen LogP contribution >= 0.6 is 11.6 Å². The summed E-state index contributed by atoms with van der Waals surface area (Å²) in [5.41, 5.74) is 3.35. The molecule has 29 heavy (non-hydrogen) atoms. The molecule has 1 aliphatic rings. The van der Waals surface area contributed by atoms with Crippen molar-refractivity contribution in [1.82, 2.24) is 5.43 Å². The molecular formula is C21H12ClN2O5-. The summed E-state index contributed by atoms with van der Waals surface area (Å²) in [5, 5.41) is 12.5. The SMILES string of the molecule is O=C1NN(c2cccc(Cl)c2)C(=O)/C1=C\c1ccc(-c2cccc(C(=O)[O-])c2)o1. The van der Waals surface area contributed by atoms with Crippen LogP contribution in [-0.2, 0) is 9.59 Å². The first-order valence-corrected chi connectivity index (χ1v) is 8.84. The number of furan rings is 1. The van der Waals surface area contributed by atoms with Gasteiger partial charge in [-0.3, -0.25) is 15.0 Å². The van der Waals surface area contributed by atoms with E-state index in [2.05, 4.69) is 5.43 Å². The maximum Gasteiger partial charge on any atom is 0.282 e. The molecule has 2 aromatic carbocycles. The zero-order valence-corrected chi connectivity index (χ0v) is 15.5. The topological polar surface area (TPSA) is 103 Å². The van der Waals surface area contributed by atoms with Crippen LogP contribution in [0.25, 0.3) is 17.4 Å². The Bertz CT molecular complexity index is 1180. The molecule has 1 fully saturated rings. The summed E-state index contributed by atoms with van der Waals surface area (Å²) in [6, 6.07) is 15.8. The van der Waals surface area contributed by atoms with Crippen molar-refractivity contribution in [2.75, 3.05) is 5.01 Å². The molecule has 1 saturated heterocycles. The molecule has 0 spiro atoms. The normalized spacial score (nSPS) is 15.1. The molecule has 1 aliphatic heterocycles. The maximum atomic E-state index is 12.6. The molecular weight excluding hydrogens is 396 g/mol. The van der Waals surface area contributed by atoms with Gasteiger partial charge in [0.25, 0.3) is 11.8 Å². The predicted octanol–water partition coefficient (Wildman–Crippen LogP) is 2.42. The van der Waals surface area contributed by atoms with Crippen LogP contribution in [0.4, 0.5) is 5.69 Å². The molecule has 2 amide bonds. The first kappa shape index (κ1) is 18.5. The number of aromatic carboxylic acids is 1. The van der Waals surface area contributed by atoms with E-state index in [1.807, 2.05) is 0 Å². The molecule has 0 aliphatic carbocycles. The predicted molar refractivity (Wildman–Crippen MR) is 104 cm³/mol. The van der Waals surface area contributed by atoms with Gasteiger partial charge in [0.2, 0.25) is 0 Å². The highest BCUT2D eigenvalue weighted by atomic mass is 35.5. The van der Waals surface area contributed by atoms with Gasteiger partial charge in [-0.05, 0) is 48.0 Å². The van der Waals surface area contributed by atoms with Crippen molar-refractivity contribution < 1.29 is 23.9 Å². The Morgan fingerprint density at radius 2 is 1.86 bits per heavy atom. The number of hydrogen-bond donors (Lipinski definition) is 1. The number of carbonyl (C=O) groups excluding carboxylic acids is 3. The lowest BCUT2D eigenvalue weighted by Gasteiger charge is -2.14. The van der Waals surface area contributed by atoms with Crippen LogP contribution in [0.2, 0.25) is 5.02 Å². The van der Waals surface area contributed by atoms with Gasteiger partial charge >= 0.3 is 0 Å². The second-order valence-electron chi connectivity index (χ2n) is 6.19. The Hall–Kier alpha value is -3.84. The minimum absolute atomic E-state index is 0.0151. The molecule has 1 N–H and O–H groups in total. The molecule has 0 bridgehead atoms. The number of nitrogens with zero attached hydrogens (tertiary/aromatic N) is 1. The molecule has 1 aromatic heterocycles. The van der Waals surface area contributed by atoms with Crippen molar-refractivity contribution in [3.05, 3.63) is 82.6 Å². The second-order valence-corrected chi connectivity index (χ2v) is 6.63. The minimum atomic E-state index is -1.30.